The first-order chi connectivity index (χ1) is 51.6. The molecule has 104 heavy (non-hydrogen) atoms. The van der Waals surface area contributed by atoms with Crippen LogP contribution in [0.4, 0.5) is 0 Å². The minimum Gasteiger partial charge on any atom is -0.0610 e. The van der Waals surface area contributed by atoms with E-state index in [1.807, 2.05) is 0 Å². The van der Waals surface area contributed by atoms with E-state index in [0.29, 0.717) is 0 Å². The number of rotatable bonds is 0. The van der Waals surface area contributed by atoms with Crippen molar-refractivity contribution in [1.82, 2.24) is 0 Å². The molecule has 0 N–H and O–H groups in total. The number of benzene rings is 24. The van der Waals surface area contributed by atoms with Crippen LogP contribution in [0.5, 0.6) is 0 Å². The lowest BCUT2D eigenvalue weighted by molar-refractivity contribution is 1.63. The van der Waals surface area contributed by atoms with Gasteiger partial charge in [-0.05, 0) is 261 Å². The molecule has 24 aromatic rings. The Hall–Kier alpha value is -13.5. The Morgan fingerprint density at radius 2 is 0.173 bits per heavy atom. The van der Waals surface area contributed by atoms with E-state index in [2.05, 4.69) is 340 Å². The predicted octanol–water partition coefficient (Wildman–Crippen LogP) is 29.5. The van der Waals surface area contributed by atoms with E-state index in [1.165, 1.54) is 261 Å². The number of fused-ring (bicyclic) bond motifs is 3. The molecule has 30 bridgehead atoms. The average Bonchev–Trinajstić information content (AvgIpc) is 0.737. The number of hydrogen-bond acceptors (Lipinski definition) is 0. The molecule has 0 heterocycles. The van der Waals surface area contributed by atoms with Gasteiger partial charge in [-0.1, -0.05) is 340 Å². The molecule has 38 rings (SSSR count). The van der Waals surface area contributed by atoms with Crippen molar-refractivity contribution in [3.05, 3.63) is 340 Å². The third-order valence-electron chi connectivity index (χ3n) is 24.7. The van der Waals surface area contributed by atoms with Gasteiger partial charge in [-0.3, -0.25) is 0 Å². The summed E-state index contributed by atoms with van der Waals surface area (Å²) in [4.78, 5) is 0. The Balaban J connectivity index is 0.674. The lowest BCUT2D eigenvalue weighted by Crippen LogP contribution is -1.92. The maximum atomic E-state index is 2.39. The zero-order valence-electron chi connectivity index (χ0n) is 56.3. The Morgan fingerprint density at radius 3 is 0.288 bits per heavy atom. The third kappa shape index (κ3) is 7.21. The van der Waals surface area contributed by atoms with E-state index >= 15 is 0 Å². The quantitative estimate of drug-likeness (QED) is 0.105. The molecular weight excluding hydrogens is 1250 g/mol. The summed E-state index contributed by atoms with van der Waals surface area (Å²) in [6, 6.07) is 131. The zero-order chi connectivity index (χ0) is 67.3. The maximum Gasteiger partial charge on any atom is -0.00201 e. The maximum absolute atomic E-state index is 2.39. The highest BCUT2D eigenvalue weighted by Crippen LogP contribution is 2.52. The molecular formula is C104H56. The molecule has 0 nitrogen and oxygen atoms in total. The first kappa shape index (κ1) is 55.3. The smallest absolute Gasteiger partial charge is 0.00201 e. The Kier molecular flexibility index (Phi) is 10.7. The molecule has 14 aliphatic carbocycles. The Labute approximate surface area is 597 Å². The van der Waals surface area contributed by atoms with Crippen LogP contribution in [0.3, 0.4) is 0 Å². The second kappa shape index (κ2) is 20.1. The van der Waals surface area contributed by atoms with Crippen LogP contribution in [0.25, 0.3) is 261 Å². The molecule has 0 amide bonds. The van der Waals surface area contributed by atoms with E-state index in [9.17, 15) is 0 Å². The fourth-order valence-electron chi connectivity index (χ4n) is 20.2. The summed E-state index contributed by atoms with van der Waals surface area (Å²) in [6.45, 7) is 0. The molecule has 0 spiro atoms. The molecule has 0 aliphatic heterocycles. The van der Waals surface area contributed by atoms with Crippen LogP contribution in [0, 0.1) is 0 Å². The summed E-state index contributed by atoms with van der Waals surface area (Å²) in [7, 11) is 0. The first-order valence-electron chi connectivity index (χ1n) is 36.5. The minimum absolute atomic E-state index is 1.21. The van der Waals surface area contributed by atoms with Crippen molar-refractivity contribution in [3.63, 3.8) is 0 Å². The molecule has 0 radical (unpaired) electrons. The average molecular weight is 1310 g/mol. The van der Waals surface area contributed by atoms with Crippen LogP contribution in [0.2, 0.25) is 0 Å². The highest BCUT2D eigenvalue weighted by atomic mass is 14.3. The Morgan fingerprint density at radius 1 is 0.0769 bits per heavy atom. The van der Waals surface area contributed by atoms with Crippen molar-refractivity contribution >= 4 is 172 Å². The minimum atomic E-state index is 1.21. The second-order valence-electron chi connectivity index (χ2n) is 29.4. The topological polar surface area (TPSA) is 0 Å². The highest BCUT2D eigenvalue weighted by Gasteiger charge is 2.25. The molecule has 0 fully saturated rings. The standard InChI is InChI=1S/C104H56/c1-9-73-65-41-49-89-90-50-42-66(74-10-2-18-82(98(74)90)81(17-1)97(73)89)59-29-31-60(32-30-59)68-44-52-93-94-54-46-70(78-14-6-22-86(102(78)94)85-21-4-12-76(68)100(85)93)63-37-39-64(40-38-63)72-48-56-96-95-55-47-71(79-15-7-23-87(103(79)95)88-24-8-16-80(72)104(88)96)62-35-33-61(34-36-62)69-45-53-92-91-51-43-67(58-27-25-57(65)26-28-58)75-11-3-19-83(99(75)91)84-20-5-13-77(69)101(84)92/h1-56H. The van der Waals surface area contributed by atoms with Crippen molar-refractivity contribution in [2.24, 2.45) is 0 Å². The lowest BCUT2D eigenvalue weighted by Gasteiger charge is -2.19. The summed E-state index contributed by atoms with van der Waals surface area (Å²) in [6.07, 6.45) is 0. The van der Waals surface area contributed by atoms with Crippen LogP contribution in [-0.2, 0) is 0 Å². The van der Waals surface area contributed by atoms with E-state index in [-0.39, 0.29) is 0 Å². The van der Waals surface area contributed by atoms with Gasteiger partial charge in [-0.25, -0.2) is 0 Å². The summed E-state index contributed by atoms with van der Waals surface area (Å²) < 4.78 is 0. The zero-order valence-corrected chi connectivity index (χ0v) is 56.3. The van der Waals surface area contributed by atoms with Crippen molar-refractivity contribution < 1.29 is 0 Å². The van der Waals surface area contributed by atoms with Gasteiger partial charge in [-0.2, -0.15) is 0 Å². The molecule has 0 atom stereocenters. The van der Waals surface area contributed by atoms with Crippen molar-refractivity contribution in [1.29, 1.82) is 0 Å². The molecule has 0 saturated carbocycles. The molecule has 472 valence electrons. The Bertz CT molecular complexity index is 6400. The molecule has 0 saturated heterocycles. The van der Waals surface area contributed by atoms with Gasteiger partial charge in [0.15, 0.2) is 0 Å². The molecule has 0 aromatic heterocycles. The lowest BCUT2D eigenvalue weighted by atomic mass is 9.84. The highest BCUT2D eigenvalue weighted by molar-refractivity contribution is 6.40. The summed E-state index contributed by atoms with van der Waals surface area (Å²) >= 11 is 0. The SMILES string of the molecule is c1cc2c3ccc4c5ccc(c6cccc(c(c1)c24)c65)-c1ccc(cc1)-c1ccc2c4ccc(c5cccc(c6cccc1c62)c54)-c1ccc(cc1)-c1ccc2c4ccc(c5cccc(c6cccc1c62)c54)-c1ccc(cc1)-c1ccc2c4ccc(c5cccc(c6cccc1c62)c54)-c1ccc-3cc1. The van der Waals surface area contributed by atoms with Gasteiger partial charge in [0.05, 0.1) is 0 Å². The fourth-order valence-corrected chi connectivity index (χ4v) is 20.2. The van der Waals surface area contributed by atoms with Crippen LogP contribution >= 0.6 is 0 Å². The van der Waals surface area contributed by atoms with Crippen LogP contribution < -0.4 is 0 Å². The van der Waals surface area contributed by atoms with Gasteiger partial charge >= 0.3 is 0 Å². The van der Waals surface area contributed by atoms with Crippen molar-refractivity contribution in [2.45, 2.75) is 0 Å². The van der Waals surface area contributed by atoms with Crippen molar-refractivity contribution in [3.8, 4) is 89.0 Å². The van der Waals surface area contributed by atoms with Gasteiger partial charge in [-0.15, -0.1) is 0 Å². The van der Waals surface area contributed by atoms with Gasteiger partial charge in [0, 0.05) is 0 Å². The van der Waals surface area contributed by atoms with Gasteiger partial charge < -0.3 is 0 Å². The molecule has 24 aromatic carbocycles. The molecule has 0 unspecified atom stereocenters. The summed E-state index contributed by atoms with van der Waals surface area (Å²) in [5.41, 5.74) is 19.7. The normalized spacial score (nSPS) is 12.6. The van der Waals surface area contributed by atoms with Crippen LogP contribution in [0.1, 0.15) is 0 Å². The largest absolute Gasteiger partial charge is 0.0610 e. The monoisotopic (exact) mass is 1300 g/mol. The fraction of sp³-hybridized carbons (Fsp3) is 0. The van der Waals surface area contributed by atoms with Crippen LogP contribution in [0.15, 0.2) is 340 Å². The predicted molar refractivity (Wildman–Crippen MR) is 448 cm³/mol. The van der Waals surface area contributed by atoms with E-state index in [4.69, 9.17) is 0 Å². The molecule has 14 aliphatic rings. The van der Waals surface area contributed by atoms with Crippen molar-refractivity contribution in [2.75, 3.05) is 0 Å². The van der Waals surface area contributed by atoms with Gasteiger partial charge in [0.1, 0.15) is 0 Å². The van der Waals surface area contributed by atoms with E-state index in [1.54, 1.807) is 0 Å². The third-order valence-corrected chi connectivity index (χ3v) is 24.7. The van der Waals surface area contributed by atoms with Gasteiger partial charge in [0.2, 0.25) is 0 Å². The second-order valence-corrected chi connectivity index (χ2v) is 29.4. The van der Waals surface area contributed by atoms with Gasteiger partial charge in [0.25, 0.3) is 0 Å². The summed E-state index contributed by atoms with van der Waals surface area (Å²) in [5, 5.41) is 41.4. The first-order valence-corrected chi connectivity index (χ1v) is 36.5. The number of hydrogen-bond donors (Lipinski definition) is 0. The van der Waals surface area contributed by atoms with E-state index < -0.39 is 0 Å². The summed E-state index contributed by atoms with van der Waals surface area (Å²) in [5.74, 6) is 0. The van der Waals surface area contributed by atoms with Crippen LogP contribution in [-0.4, -0.2) is 0 Å². The molecule has 0 heteroatoms. The van der Waals surface area contributed by atoms with E-state index in [0.717, 1.165) is 0 Å².